The van der Waals surface area contributed by atoms with Crippen molar-refractivity contribution >= 4 is 22.4 Å². The third-order valence-electron chi connectivity index (χ3n) is 4.29. The summed E-state index contributed by atoms with van der Waals surface area (Å²) >= 11 is 1.39. The molecular formula is C18H22N6OS. The fraction of sp³-hybridized carbons (Fsp3) is 0.333. The molecule has 1 unspecified atom stereocenters. The van der Waals surface area contributed by atoms with Crippen LogP contribution in [0.5, 0.6) is 0 Å². The molecule has 0 fully saturated rings. The van der Waals surface area contributed by atoms with E-state index in [-0.39, 0.29) is 11.3 Å². The highest BCUT2D eigenvalue weighted by Gasteiger charge is 2.28. The smallest absolute Gasteiger partial charge is 0.248 e. The summed E-state index contributed by atoms with van der Waals surface area (Å²) in [5.74, 6) is -0.194. The Morgan fingerprint density at radius 2 is 1.96 bits per heavy atom. The Morgan fingerprint density at radius 3 is 2.58 bits per heavy atom. The highest BCUT2D eigenvalue weighted by molar-refractivity contribution is 7.15. The highest BCUT2D eigenvalue weighted by atomic mass is 32.1. The number of benzene rings is 1. The Morgan fingerprint density at radius 1 is 1.23 bits per heavy atom. The van der Waals surface area contributed by atoms with Gasteiger partial charge in [-0.1, -0.05) is 41.7 Å². The second-order valence-electron chi connectivity index (χ2n) is 6.56. The zero-order valence-corrected chi connectivity index (χ0v) is 16.0. The van der Waals surface area contributed by atoms with Crippen molar-refractivity contribution in [2.24, 2.45) is 7.05 Å². The van der Waals surface area contributed by atoms with E-state index in [9.17, 15) is 4.79 Å². The maximum Gasteiger partial charge on any atom is 0.248 e. The first-order valence-electron chi connectivity index (χ1n) is 8.28. The maximum absolute atomic E-state index is 12.6. The molecule has 1 atom stereocenters. The minimum atomic E-state index is -0.502. The van der Waals surface area contributed by atoms with E-state index in [0.717, 1.165) is 16.1 Å². The predicted octanol–water partition coefficient (Wildman–Crippen LogP) is 2.50. The lowest BCUT2D eigenvalue weighted by Gasteiger charge is -2.21. The van der Waals surface area contributed by atoms with Crippen molar-refractivity contribution in [3.63, 3.8) is 0 Å². The molecule has 0 saturated heterocycles. The molecule has 2 aromatic heterocycles. The second kappa shape index (κ2) is 7.35. The average Bonchev–Trinajstić information content (AvgIpc) is 3.26. The summed E-state index contributed by atoms with van der Waals surface area (Å²) < 4.78 is 1.67. The Kier molecular flexibility index (Phi) is 5.15. The van der Waals surface area contributed by atoms with Gasteiger partial charge in [-0.15, -0.1) is 10.2 Å². The van der Waals surface area contributed by atoms with Crippen molar-refractivity contribution in [2.75, 3.05) is 12.4 Å². The number of aromatic nitrogens is 4. The average molecular weight is 370 g/mol. The van der Waals surface area contributed by atoms with Crippen LogP contribution in [0.4, 0.5) is 5.13 Å². The van der Waals surface area contributed by atoms with Crippen LogP contribution in [0.1, 0.15) is 36.0 Å². The van der Waals surface area contributed by atoms with Crippen LogP contribution < -0.4 is 10.6 Å². The molecule has 7 nitrogen and oxygen atoms in total. The van der Waals surface area contributed by atoms with E-state index < -0.39 is 6.04 Å². The minimum Gasteiger partial charge on any atom is -0.305 e. The topological polar surface area (TPSA) is 84.7 Å². The molecular weight excluding hydrogens is 348 g/mol. The van der Waals surface area contributed by atoms with E-state index in [4.69, 9.17) is 0 Å². The fourth-order valence-corrected chi connectivity index (χ4v) is 3.59. The van der Waals surface area contributed by atoms with Crippen molar-refractivity contribution in [1.82, 2.24) is 25.3 Å². The molecule has 0 bridgehead atoms. The largest absolute Gasteiger partial charge is 0.305 e. The van der Waals surface area contributed by atoms with Crippen LogP contribution in [0.15, 0.2) is 42.7 Å². The molecule has 0 radical (unpaired) electrons. The quantitative estimate of drug-likeness (QED) is 0.696. The maximum atomic E-state index is 12.6. The number of nitrogens with one attached hydrogen (secondary N) is 2. The van der Waals surface area contributed by atoms with Gasteiger partial charge < -0.3 is 5.32 Å². The van der Waals surface area contributed by atoms with Crippen LogP contribution in [-0.2, 0) is 17.3 Å². The molecule has 3 rings (SSSR count). The number of rotatable bonds is 6. The lowest BCUT2D eigenvalue weighted by Crippen LogP contribution is -2.30. The van der Waals surface area contributed by atoms with E-state index in [2.05, 4.69) is 51.9 Å². The molecule has 26 heavy (non-hydrogen) atoms. The molecule has 0 saturated carbocycles. The molecule has 0 spiro atoms. The molecule has 3 aromatic rings. The standard InChI is InChI=1S/C18H22N6OS/c1-18(2,13-8-6-5-7-9-13)16-22-23-17(26-16)21-15(25)14(19-3)12-10-20-24(4)11-12/h5-11,14,19H,1-4H3,(H,21,23,25). The van der Waals surface area contributed by atoms with Crippen LogP contribution >= 0.6 is 11.3 Å². The normalized spacial score (nSPS) is 12.8. The predicted molar refractivity (Wildman–Crippen MR) is 102 cm³/mol. The summed E-state index contributed by atoms with van der Waals surface area (Å²) in [4.78, 5) is 12.6. The van der Waals surface area contributed by atoms with Gasteiger partial charge >= 0.3 is 0 Å². The number of carbonyl (C=O) groups is 1. The van der Waals surface area contributed by atoms with Crippen molar-refractivity contribution in [3.05, 3.63) is 58.9 Å². The number of hydrogen-bond donors (Lipinski definition) is 2. The van der Waals surface area contributed by atoms with Gasteiger partial charge in [0.05, 0.1) is 6.20 Å². The molecule has 1 aromatic carbocycles. The van der Waals surface area contributed by atoms with E-state index >= 15 is 0 Å². The molecule has 1 amide bonds. The van der Waals surface area contributed by atoms with E-state index in [1.165, 1.54) is 11.3 Å². The van der Waals surface area contributed by atoms with Crippen LogP contribution in [0.25, 0.3) is 0 Å². The van der Waals surface area contributed by atoms with Crippen molar-refractivity contribution in [3.8, 4) is 0 Å². The SMILES string of the molecule is CNC(C(=O)Nc1nnc(C(C)(C)c2ccccc2)s1)c1cnn(C)c1. The van der Waals surface area contributed by atoms with Gasteiger partial charge in [-0.05, 0) is 26.5 Å². The lowest BCUT2D eigenvalue weighted by molar-refractivity contribution is -0.118. The lowest BCUT2D eigenvalue weighted by atomic mass is 9.85. The Balaban J connectivity index is 1.76. The molecule has 2 heterocycles. The Hall–Kier alpha value is -2.58. The van der Waals surface area contributed by atoms with E-state index in [1.807, 2.05) is 31.4 Å². The van der Waals surface area contributed by atoms with Crippen molar-refractivity contribution in [2.45, 2.75) is 25.3 Å². The third kappa shape index (κ3) is 3.66. The minimum absolute atomic E-state index is 0.194. The third-order valence-corrected chi connectivity index (χ3v) is 5.46. The molecule has 8 heteroatoms. The summed E-state index contributed by atoms with van der Waals surface area (Å²) in [7, 11) is 3.55. The van der Waals surface area contributed by atoms with Crippen molar-refractivity contribution in [1.29, 1.82) is 0 Å². The van der Waals surface area contributed by atoms with Gasteiger partial charge in [0.2, 0.25) is 11.0 Å². The zero-order valence-electron chi connectivity index (χ0n) is 15.2. The van der Waals surface area contributed by atoms with Gasteiger partial charge in [0, 0.05) is 24.2 Å². The van der Waals surface area contributed by atoms with E-state index in [1.54, 1.807) is 17.9 Å². The number of hydrogen-bond acceptors (Lipinski definition) is 6. The summed E-state index contributed by atoms with van der Waals surface area (Å²) in [5.41, 5.74) is 1.66. The van der Waals surface area contributed by atoms with Gasteiger partial charge in [0.25, 0.3) is 0 Å². The number of aryl methyl sites for hydroxylation is 1. The molecule has 0 aliphatic heterocycles. The Bertz CT molecular complexity index is 886. The first-order chi connectivity index (χ1) is 12.4. The summed E-state index contributed by atoms with van der Waals surface area (Å²) in [6.45, 7) is 4.20. The van der Waals surface area contributed by atoms with Crippen LogP contribution in [-0.4, -0.2) is 32.9 Å². The highest BCUT2D eigenvalue weighted by Crippen LogP contribution is 2.34. The fourth-order valence-electron chi connectivity index (χ4n) is 2.72. The Labute approximate surface area is 156 Å². The monoisotopic (exact) mass is 370 g/mol. The van der Waals surface area contributed by atoms with Crippen LogP contribution in [0.3, 0.4) is 0 Å². The zero-order chi connectivity index (χ0) is 18.7. The number of carbonyl (C=O) groups excluding carboxylic acids is 1. The van der Waals surface area contributed by atoms with Crippen LogP contribution in [0, 0.1) is 0 Å². The van der Waals surface area contributed by atoms with Crippen LogP contribution in [0.2, 0.25) is 0 Å². The van der Waals surface area contributed by atoms with Gasteiger partial charge in [0.15, 0.2) is 0 Å². The molecule has 136 valence electrons. The van der Waals surface area contributed by atoms with Crippen molar-refractivity contribution < 1.29 is 4.79 Å². The molecule has 0 aliphatic rings. The number of amides is 1. The van der Waals surface area contributed by atoms with Gasteiger partial charge in [0.1, 0.15) is 11.0 Å². The first kappa shape index (κ1) is 18.2. The molecule has 2 N–H and O–H groups in total. The summed E-state index contributed by atoms with van der Waals surface area (Å²) in [5, 5.41) is 19.8. The van der Waals surface area contributed by atoms with Gasteiger partial charge in [-0.3, -0.25) is 14.8 Å². The number of nitrogens with zero attached hydrogens (tertiary/aromatic N) is 4. The first-order valence-corrected chi connectivity index (χ1v) is 9.09. The van der Waals surface area contributed by atoms with Gasteiger partial charge in [-0.25, -0.2) is 0 Å². The number of likely N-dealkylation sites (N-methyl/N-ethyl adjacent to an activating group) is 1. The summed E-state index contributed by atoms with van der Waals surface area (Å²) in [6, 6.07) is 9.64. The van der Waals surface area contributed by atoms with E-state index in [0.29, 0.717) is 5.13 Å². The van der Waals surface area contributed by atoms with Gasteiger partial charge in [-0.2, -0.15) is 5.10 Å². The number of anilines is 1. The molecule has 0 aliphatic carbocycles. The summed E-state index contributed by atoms with van der Waals surface area (Å²) in [6.07, 6.45) is 3.48. The second-order valence-corrected chi connectivity index (χ2v) is 7.54.